The third-order valence-electron chi connectivity index (χ3n) is 11.1. The van der Waals surface area contributed by atoms with Crippen LogP contribution in [0, 0.1) is 34.5 Å². The number of carbonyl (C=O) groups excluding carboxylic acids is 2. The second-order valence-electron chi connectivity index (χ2n) is 16.4. The number of allylic oxidation sites excluding steroid dienone is 8. The van der Waals surface area contributed by atoms with E-state index in [4.69, 9.17) is 15.2 Å². The molecule has 2 aromatic rings. The van der Waals surface area contributed by atoms with Crippen LogP contribution in [0.3, 0.4) is 0 Å². The van der Waals surface area contributed by atoms with Crippen LogP contribution in [0.1, 0.15) is 97.2 Å². The quantitative estimate of drug-likeness (QED) is 0.135. The van der Waals surface area contributed by atoms with E-state index in [0.717, 1.165) is 12.8 Å². The number of nitrogens with two attached hydrogens (primary N) is 1. The van der Waals surface area contributed by atoms with Crippen LogP contribution in [0.15, 0.2) is 95.8 Å². The van der Waals surface area contributed by atoms with Crippen molar-refractivity contribution < 1.29 is 34.4 Å². The molecular formula is C46H59N3O7S2. The first-order chi connectivity index (χ1) is 27.8. The van der Waals surface area contributed by atoms with E-state index in [1.165, 1.54) is 22.7 Å². The minimum absolute atomic E-state index is 0.0176. The number of esters is 2. The number of carbonyl (C=O) groups is 2. The molecule has 1 unspecified atom stereocenters. The summed E-state index contributed by atoms with van der Waals surface area (Å²) in [6.45, 7) is 8.01. The first-order valence-corrected chi connectivity index (χ1v) is 22.0. The maximum Gasteiger partial charge on any atom is 0.358 e. The molecule has 12 heteroatoms. The van der Waals surface area contributed by atoms with E-state index in [2.05, 4.69) is 34.3 Å². The highest BCUT2D eigenvalue weighted by molar-refractivity contribution is 7.11. The summed E-state index contributed by atoms with van der Waals surface area (Å²) in [6.07, 6.45) is 32.0. The predicted molar refractivity (Wildman–Crippen MR) is 233 cm³/mol. The molecule has 8 atom stereocenters. The van der Waals surface area contributed by atoms with Gasteiger partial charge in [-0.15, -0.1) is 22.7 Å². The van der Waals surface area contributed by atoms with E-state index >= 15 is 0 Å². The van der Waals surface area contributed by atoms with Gasteiger partial charge < -0.3 is 30.5 Å². The number of thiazole rings is 2. The Bertz CT molecular complexity index is 1780. The summed E-state index contributed by atoms with van der Waals surface area (Å²) in [7, 11) is 0. The molecule has 0 aromatic carbocycles. The average molecular weight is 830 g/mol. The summed E-state index contributed by atoms with van der Waals surface area (Å²) < 4.78 is 12.2. The van der Waals surface area contributed by atoms with Gasteiger partial charge in [0.15, 0.2) is 11.4 Å². The topological polar surface area (TPSA) is 165 Å². The molecular weight excluding hydrogens is 771 g/mol. The predicted octanol–water partition coefficient (Wildman–Crippen LogP) is 8.29. The molecule has 0 radical (unpaired) electrons. The zero-order valence-electron chi connectivity index (χ0n) is 33.9. The summed E-state index contributed by atoms with van der Waals surface area (Å²) in [4.78, 5) is 35.9. The number of aliphatic hydroxyl groups is 3. The molecule has 3 heterocycles. The van der Waals surface area contributed by atoms with E-state index in [1.54, 1.807) is 29.0 Å². The molecule has 312 valence electrons. The fraction of sp³-hybridized carbons (Fsp3) is 0.478. The van der Waals surface area contributed by atoms with Crippen LogP contribution < -0.4 is 5.73 Å². The Hall–Kier alpha value is -4.04. The molecule has 1 aliphatic heterocycles. The minimum atomic E-state index is -0.907. The SMILES string of the molecule is CC(C)([C@@H]1C/C=C\[C@H]2C[C@H]2/C=C/C=C\c2nc(cs2)C(=O)O[C@H](C(C)(C)[C@@H](O)/C=C/CCO)C/C=C\C2C[C@H]2/C=C/C=C\c2nc(cs2)C(=O)O1)[C@@H](O)/C=C/CCN. The highest BCUT2D eigenvalue weighted by Gasteiger charge is 2.40. The number of hydrogen-bond donors (Lipinski definition) is 4. The smallest absolute Gasteiger partial charge is 0.358 e. The molecule has 2 fully saturated rings. The summed E-state index contributed by atoms with van der Waals surface area (Å²) in [5.41, 5.74) is 4.48. The van der Waals surface area contributed by atoms with E-state index in [-0.39, 0.29) is 18.0 Å². The molecule has 2 saturated carbocycles. The van der Waals surface area contributed by atoms with Crippen molar-refractivity contribution in [3.8, 4) is 0 Å². The Morgan fingerprint density at radius 2 is 1.16 bits per heavy atom. The number of rotatable bonds is 10. The summed E-state index contributed by atoms with van der Waals surface area (Å²) >= 11 is 2.71. The van der Waals surface area contributed by atoms with Gasteiger partial charge in [-0.05, 0) is 68.1 Å². The Kier molecular flexibility index (Phi) is 16.5. The third-order valence-corrected chi connectivity index (χ3v) is 12.7. The lowest BCUT2D eigenvalue weighted by atomic mass is 9.78. The van der Waals surface area contributed by atoms with Crippen LogP contribution in [-0.4, -0.2) is 74.8 Å². The van der Waals surface area contributed by atoms with Crippen molar-refractivity contribution in [1.82, 2.24) is 9.97 Å². The van der Waals surface area contributed by atoms with Crippen molar-refractivity contribution in [3.63, 3.8) is 0 Å². The highest BCUT2D eigenvalue weighted by Crippen LogP contribution is 2.42. The van der Waals surface area contributed by atoms with E-state index < -0.39 is 47.2 Å². The first-order valence-electron chi connectivity index (χ1n) is 20.2. The fourth-order valence-electron chi connectivity index (χ4n) is 6.60. The number of nitrogens with zero attached hydrogens (tertiary/aromatic N) is 2. The van der Waals surface area contributed by atoms with E-state index in [1.807, 2.05) is 82.4 Å². The molecule has 2 aliphatic carbocycles. The van der Waals surface area contributed by atoms with Gasteiger partial charge in [-0.25, -0.2) is 19.6 Å². The Morgan fingerprint density at radius 3 is 1.59 bits per heavy atom. The largest absolute Gasteiger partial charge is 0.457 e. The van der Waals surface area contributed by atoms with Crippen molar-refractivity contribution in [2.45, 2.75) is 90.6 Å². The van der Waals surface area contributed by atoms with Crippen LogP contribution in [0.5, 0.6) is 0 Å². The number of aliphatic hydroxyl groups excluding tert-OH is 3. The summed E-state index contributed by atoms with van der Waals surface area (Å²) in [5.74, 6) is 0.357. The van der Waals surface area contributed by atoms with Crippen LogP contribution in [-0.2, 0) is 9.47 Å². The molecule has 4 bridgehead atoms. The van der Waals surface area contributed by atoms with Gasteiger partial charge in [0.1, 0.15) is 22.2 Å². The maximum absolute atomic E-state index is 13.4. The molecule has 0 spiro atoms. The van der Waals surface area contributed by atoms with Crippen LogP contribution in [0.4, 0.5) is 0 Å². The minimum Gasteiger partial charge on any atom is -0.457 e. The van der Waals surface area contributed by atoms with Gasteiger partial charge in [-0.3, -0.25) is 0 Å². The second-order valence-corrected chi connectivity index (χ2v) is 18.1. The Morgan fingerprint density at radius 1 is 0.724 bits per heavy atom. The standard InChI is InChI=1S/C46H59N3O7S2/c1-45(2,37(51)19-9-11-25-47)39-21-13-17-33-27-31(33)15-5-8-24-42-49-36(30-58-42)44(54)56-40(46(3,4)38(52)20-10-12-26-50)22-14-18-34-28-32(34)16-6-7-23-41-48-35(29-57-41)43(53)55-39/h5-10,13-20,23-24,29-34,37-40,50-52H,11-12,21-22,25-28,47H2,1-4H3/b15-5+,16-6+,17-13-,18-14-,19-9+,20-10+,23-7-,24-8-/t31-,32-,33+,34?,37+,38+,39+,40+/m1/s1. The summed E-state index contributed by atoms with van der Waals surface area (Å²) in [6, 6.07) is 0. The molecule has 58 heavy (non-hydrogen) atoms. The molecule has 5 N–H and O–H groups in total. The van der Waals surface area contributed by atoms with Crippen molar-refractivity contribution >= 4 is 46.8 Å². The summed E-state index contributed by atoms with van der Waals surface area (Å²) in [5, 5.41) is 36.2. The Balaban J connectivity index is 1.35. The zero-order valence-corrected chi connectivity index (χ0v) is 35.6. The Labute approximate surface area is 351 Å². The molecule has 5 rings (SSSR count). The van der Waals surface area contributed by atoms with Crippen LogP contribution in [0.25, 0.3) is 12.2 Å². The lowest BCUT2D eigenvalue weighted by Crippen LogP contribution is -2.42. The normalized spacial score (nSPS) is 29.2. The van der Waals surface area contributed by atoms with E-state index in [9.17, 15) is 24.9 Å². The number of cyclic esters (lactones) is 2. The van der Waals surface area contributed by atoms with Crippen LogP contribution >= 0.6 is 22.7 Å². The maximum atomic E-state index is 13.4. The van der Waals surface area contributed by atoms with Gasteiger partial charge in [0.25, 0.3) is 0 Å². The average Bonchev–Trinajstić information content (AvgIpc) is 3.99. The zero-order chi connectivity index (χ0) is 41.7. The number of ether oxygens (including phenoxy) is 2. The van der Waals surface area contributed by atoms with Gasteiger partial charge in [-0.2, -0.15) is 0 Å². The van der Waals surface area contributed by atoms with Gasteiger partial charge >= 0.3 is 11.9 Å². The lowest BCUT2D eigenvalue weighted by Gasteiger charge is -2.36. The number of fused-ring (bicyclic) bond motifs is 6. The van der Waals surface area contributed by atoms with Crippen molar-refractivity contribution in [1.29, 1.82) is 0 Å². The molecule has 2 aromatic heterocycles. The van der Waals surface area contributed by atoms with Crippen molar-refractivity contribution in [2.24, 2.45) is 40.2 Å². The third kappa shape index (κ3) is 13.0. The van der Waals surface area contributed by atoms with Crippen molar-refractivity contribution in [3.05, 3.63) is 117 Å². The fourth-order valence-corrected chi connectivity index (χ4v) is 7.98. The van der Waals surface area contributed by atoms with Crippen LogP contribution in [0.2, 0.25) is 0 Å². The second kappa shape index (κ2) is 21.3. The molecule has 3 aliphatic rings. The molecule has 0 saturated heterocycles. The highest BCUT2D eigenvalue weighted by atomic mass is 32.1. The molecule has 10 nitrogen and oxygen atoms in total. The van der Waals surface area contributed by atoms with Gasteiger partial charge in [0.2, 0.25) is 0 Å². The van der Waals surface area contributed by atoms with Gasteiger partial charge in [0, 0.05) is 41.0 Å². The molecule has 0 amide bonds. The van der Waals surface area contributed by atoms with Gasteiger partial charge in [-0.1, -0.05) is 113 Å². The number of hydrogen-bond acceptors (Lipinski definition) is 12. The lowest BCUT2D eigenvalue weighted by molar-refractivity contribution is -0.0461. The monoisotopic (exact) mass is 829 g/mol. The van der Waals surface area contributed by atoms with Crippen molar-refractivity contribution in [2.75, 3.05) is 13.2 Å². The first kappa shape index (κ1) is 45.1. The van der Waals surface area contributed by atoms with E-state index in [0.29, 0.717) is 65.9 Å². The van der Waals surface area contributed by atoms with Gasteiger partial charge in [0.05, 0.1) is 12.2 Å². The number of aromatic nitrogens is 2.